The van der Waals surface area contributed by atoms with Crippen molar-refractivity contribution in [2.24, 2.45) is 10.6 Å². The Balaban J connectivity index is 4.56. The van der Waals surface area contributed by atoms with Crippen LogP contribution in [-0.4, -0.2) is 35.4 Å². The van der Waals surface area contributed by atoms with Crippen LogP contribution in [0.1, 0.15) is 20.8 Å². The minimum atomic E-state index is -1.00. The molecule has 1 unspecified atom stereocenters. The molecule has 88 valence electrons. The fourth-order valence-electron chi connectivity index (χ4n) is 0.715. The van der Waals surface area contributed by atoms with E-state index < -0.39 is 17.3 Å². The Morgan fingerprint density at radius 3 is 2.40 bits per heavy atom. The predicted octanol–water partition coefficient (Wildman–Crippen LogP) is 1.12. The second-order valence-corrected chi connectivity index (χ2v) is 5.57. The van der Waals surface area contributed by atoms with Crippen LogP contribution in [0.4, 0.5) is 4.79 Å². The number of hydrogen-bond acceptors (Lipinski definition) is 4. The highest BCUT2D eigenvalue weighted by atomic mass is 32.2. The third kappa shape index (κ3) is 6.35. The summed E-state index contributed by atoms with van der Waals surface area (Å²) in [4.78, 5) is 15.4. The molecule has 6 heteroatoms. The quantitative estimate of drug-likeness (QED) is 0.344. The number of rotatable bonds is 3. The van der Waals surface area contributed by atoms with Crippen molar-refractivity contribution in [3.8, 4) is 0 Å². The topological polar surface area (TPSA) is 73.8 Å². The van der Waals surface area contributed by atoms with Crippen LogP contribution in [0.25, 0.3) is 0 Å². The van der Waals surface area contributed by atoms with Gasteiger partial charge >= 0.3 is 6.09 Å². The van der Waals surface area contributed by atoms with Crippen LogP contribution in [-0.2, 0) is 16.0 Å². The SMILES string of the molecule is CNC(=O)ON=C(C[S+](C)[O-])C(C)(C)C. The van der Waals surface area contributed by atoms with Gasteiger partial charge in [0, 0.05) is 12.5 Å². The van der Waals surface area contributed by atoms with Gasteiger partial charge in [0.1, 0.15) is 11.5 Å². The first-order chi connectivity index (χ1) is 6.77. The average molecular weight is 234 g/mol. The van der Waals surface area contributed by atoms with E-state index in [1.165, 1.54) is 7.05 Å². The van der Waals surface area contributed by atoms with Crippen molar-refractivity contribution >= 4 is 23.0 Å². The van der Waals surface area contributed by atoms with E-state index in [-0.39, 0.29) is 5.41 Å². The van der Waals surface area contributed by atoms with Crippen LogP contribution in [0.15, 0.2) is 5.16 Å². The fourth-order valence-corrected chi connectivity index (χ4v) is 1.59. The maximum Gasteiger partial charge on any atom is 0.433 e. The van der Waals surface area contributed by atoms with Crippen LogP contribution in [0, 0.1) is 5.41 Å². The van der Waals surface area contributed by atoms with Gasteiger partial charge in [0.2, 0.25) is 0 Å². The molecule has 0 fully saturated rings. The molecule has 0 aliphatic rings. The van der Waals surface area contributed by atoms with Gasteiger partial charge in [0.25, 0.3) is 0 Å². The summed E-state index contributed by atoms with van der Waals surface area (Å²) >= 11 is -1.00. The summed E-state index contributed by atoms with van der Waals surface area (Å²) in [6.45, 7) is 5.77. The molecule has 1 N–H and O–H groups in total. The molecule has 0 aromatic carbocycles. The van der Waals surface area contributed by atoms with Gasteiger partial charge in [-0.2, -0.15) is 0 Å². The van der Waals surface area contributed by atoms with Crippen molar-refractivity contribution < 1.29 is 14.2 Å². The Bertz CT molecular complexity index is 246. The average Bonchev–Trinajstić information content (AvgIpc) is 2.09. The summed E-state index contributed by atoms with van der Waals surface area (Å²) in [5.41, 5.74) is 0.339. The maximum absolute atomic E-state index is 11.1. The van der Waals surface area contributed by atoms with Crippen molar-refractivity contribution in [3.63, 3.8) is 0 Å². The number of oxime groups is 1. The van der Waals surface area contributed by atoms with Crippen molar-refractivity contribution in [2.75, 3.05) is 19.1 Å². The lowest BCUT2D eigenvalue weighted by Crippen LogP contribution is -2.29. The zero-order valence-electron chi connectivity index (χ0n) is 9.79. The van der Waals surface area contributed by atoms with Gasteiger partial charge in [0.05, 0.1) is 6.26 Å². The standard InChI is InChI=1S/C9H18N2O3S/c1-9(2,3)7(6-15(5)13)11-14-8(12)10-4/h6H2,1-5H3,(H,10,12). The van der Waals surface area contributed by atoms with E-state index in [0.29, 0.717) is 11.5 Å². The molecule has 5 nitrogen and oxygen atoms in total. The van der Waals surface area contributed by atoms with E-state index in [0.717, 1.165) is 0 Å². The third-order valence-corrected chi connectivity index (χ3v) is 2.33. The second-order valence-electron chi connectivity index (χ2n) is 4.13. The minimum Gasteiger partial charge on any atom is -0.616 e. The van der Waals surface area contributed by atoms with Gasteiger partial charge in [-0.15, -0.1) is 0 Å². The van der Waals surface area contributed by atoms with Crippen LogP contribution in [0.5, 0.6) is 0 Å². The van der Waals surface area contributed by atoms with Crippen LogP contribution < -0.4 is 5.32 Å². The summed E-state index contributed by atoms with van der Waals surface area (Å²) < 4.78 is 11.1. The second kappa shape index (κ2) is 5.97. The third-order valence-electron chi connectivity index (χ3n) is 1.65. The van der Waals surface area contributed by atoms with Crippen molar-refractivity contribution in [3.05, 3.63) is 0 Å². The summed E-state index contributed by atoms with van der Waals surface area (Å²) in [6, 6.07) is 0. The van der Waals surface area contributed by atoms with Gasteiger partial charge < -0.3 is 9.87 Å². The zero-order valence-corrected chi connectivity index (χ0v) is 10.6. The van der Waals surface area contributed by atoms with E-state index in [4.69, 9.17) is 0 Å². The molecule has 0 aromatic rings. The van der Waals surface area contributed by atoms with Gasteiger partial charge in [-0.3, -0.25) is 4.84 Å². The Kier molecular flexibility index (Phi) is 5.67. The van der Waals surface area contributed by atoms with Gasteiger partial charge in [-0.1, -0.05) is 37.1 Å². The van der Waals surface area contributed by atoms with Gasteiger partial charge in [0.15, 0.2) is 0 Å². The number of carbonyl (C=O) groups is 1. The first-order valence-corrected chi connectivity index (χ1v) is 6.26. The largest absolute Gasteiger partial charge is 0.616 e. The molecular formula is C9H18N2O3S. The van der Waals surface area contributed by atoms with Crippen LogP contribution in [0.2, 0.25) is 0 Å². The Morgan fingerprint density at radius 1 is 1.53 bits per heavy atom. The molecule has 0 saturated carbocycles. The summed E-state index contributed by atoms with van der Waals surface area (Å²) in [7, 11) is 1.45. The zero-order chi connectivity index (χ0) is 12.1. The highest BCUT2D eigenvalue weighted by molar-refractivity contribution is 7.91. The molecule has 15 heavy (non-hydrogen) atoms. The molecule has 0 spiro atoms. The summed E-state index contributed by atoms with van der Waals surface area (Å²) in [5.74, 6) is 0.306. The lowest BCUT2D eigenvalue weighted by molar-refractivity contribution is 0.151. The molecule has 0 saturated heterocycles. The van der Waals surface area contributed by atoms with Crippen molar-refractivity contribution in [2.45, 2.75) is 20.8 Å². The molecule has 0 bridgehead atoms. The first kappa shape index (κ1) is 14.2. The van der Waals surface area contributed by atoms with Gasteiger partial charge in [-0.25, -0.2) is 4.79 Å². The van der Waals surface area contributed by atoms with E-state index in [9.17, 15) is 9.35 Å². The molecule has 0 aliphatic heterocycles. The number of nitrogens with zero attached hydrogens (tertiary/aromatic N) is 1. The van der Waals surface area contributed by atoms with E-state index in [1.54, 1.807) is 6.26 Å². The van der Waals surface area contributed by atoms with E-state index in [2.05, 4.69) is 15.3 Å². The Morgan fingerprint density at radius 2 is 2.07 bits per heavy atom. The molecule has 0 aromatic heterocycles. The molecule has 0 aliphatic carbocycles. The molecule has 0 rings (SSSR count). The van der Waals surface area contributed by atoms with E-state index >= 15 is 0 Å². The fraction of sp³-hybridized carbons (Fsp3) is 0.778. The van der Waals surface area contributed by atoms with Crippen LogP contribution in [0.3, 0.4) is 0 Å². The lowest BCUT2D eigenvalue weighted by atomic mass is 9.91. The summed E-state index contributed by atoms with van der Waals surface area (Å²) in [6.07, 6.45) is 0.958. The van der Waals surface area contributed by atoms with Gasteiger partial charge in [-0.05, 0) is 0 Å². The van der Waals surface area contributed by atoms with E-state index in [1.807, 2.05) is 20.8 Å². The molecule has 0 heterocycles. The number of amides is 1. The number of carbonyl (C=O) groups excluding carboxylic acids is 1. The monoisotopic (exact) mass is 234 g/mol. The molecule has 0 radical (unpaired) electrons. The Hall–Kier alpha value is -0.750. The van der Waals surface area contributed by atoms with Crippen molar-refractivity contribution in [1.82, 2.24) is 5.32 Å². The molecule has 1 atom stereocenters. The normalized spacial score (nSPS) is 14.7. The molecular weight excluding hydrogens is 216 g/mol. The lowest BCUT2D eigenvalue weighted by Gasteiger charge is -2.20. The molecule has 1 amide bonds. The predicted molar refractivity (Wildman–Crippen MR) is 61.4 cm³/mol. The minimum absolute atomic E-state index is 0.264. The van der Waals surface area contributed by atoms with Crippen molar-refractivity contribution in [1.29, 1.82) is 0 Å². The van der Waals surface area contributed by atoms with Crippen LogP contribution >= 0.6 is 0 Å². The smallest absolute Gasteiger partial charge is 0.433 e. The maximum atomic E-state index is 11.1. The Labute approximate surface area is 93.4 Å². The first-order valence-electron chi connectivity index (χ1n) is 4.53. The highest BCUT2D eigenvalue weighted by Gasteiger charge is 2.23. The number of nitrogens with one attached hydrogen (secondary N) is 1. The highest BCUT2D eigenvalue weighted by Crippen LogP contribution is 2.17. The number of hydrogen-bond donors (Lipinski definition) is 1. The summed E-state index contributed by atoms with van der Waals surface area (Å²) in [5, 5.41) is 6.00.